The van der Waals surface area contributed by atoms with E-state index in [2.05, 4.69) is 9.98 Å². The fourth-order valence-electron chi connectivity index (χ4n) is 1.23. The van der Waals surface area contributed by atoms with Gasteiger partial charge in [-0.05, 0) is 5.69 Å². The Labute approximate surface area is 137 Å². The van der Waals surface area contributed by atoms with Crippen LogP contribution in [0.2, 0.25) is 0 Å². The minimum Gasteiger partial charge on any atom is -0.839 e. The first-order valence-electron chi connectivity index (χ1n) is 4.91. The number of aliphatic imine (C=N–C) groups is 1. The Morgan fingerprint density at radius 1 is 1.00 bits per heavy atom. The second-order valence-electron chi connectivity index (χ2n) is 3.18. The molecule has 80 valence electrons. The fourth-order valence-corrected chi connectivity index (χ4v) is 1.42. The van der Waals surface area contributed by atoms with Gasteiger partial charge in [-0.2, -0.15) is 5.04 Å². The van der Waals surface area contributed by atoms with Gasteiger partial charge in [0.05, 0.1) is 0 Å². The van der Waals surface area contributed by atoms with Gasteiger partial charge in [0.2, 0.25) is 0 Å². The summed E-state index contributed by atoms with van der Waals surface area (Å²) in [4.78, 5) is 8.34. The van der Waals surface area contributed by atoms with E-state index in [1.165, 1.54) is 0 Å². The Morgan fingerprint density at radius 2 is 1.67 bits per heavy atom. The van der Waals surface area contributed by atoms with E-state index in [-0.39, 0.29) is 37.7 Å². The van der Waals surface area contributed by atoms with E-state index in [0.717, 1.165) is 11.3 Å². The molecule has 0 bridgehead atoms. The maximum atomic E-state index is 5.19. The van der Waals surface area contributed by atoms with E-state index >= 15 is 0 Å². The standard InChI is InChI=1S/C13H11N2S.2Li/c16-13(11-6-2-1-3-7-11)15-10-12-8-4-5-9-14-12;;/h1-10H,(H,15,16);;/q-1;2*+1/p-1. The molecule has 5 heteroatoms. The van der Waals surface area contributed by atoms with Crippen molar-refractivity contribution in [3.63, 3.8) is 0 Å². The summed E-state index contributed by atoms with van der Waals surface area (Å²) in [6.45, 7) is 1.68. The first-order chi connectivity index (χ1) is 7.86. The average molecular weight is 240 g/mol. The van der Waals surface area contributed by atoms with Gasteiger partial charge in [0.1, 0.15) is 0 Å². The van der Waals surface area contributed by atoms with Crippen LogP contribution in [-0.4, -0.2) is 10.0 Å². The molecule has 0 spiro atoms. The van der Waals surface area contributed by atoms with Gasteiger partial charge >= 0.3 is 37.7 Å². The van der Waals surface area contributed by atoms with Gasteiger partial charge < -0.3 is 17.6 Å². The Balaban J connectivity index is 0.00000144. The zero-order valence-electron chi connectivity index (χ0n) is 10.6. The van der Waals surface area contributed by atoms with Crippen LogP contribution in [0, 0.1) is 6.54 Å². The maximum Gasteiger partial charge on any atom is 1.00 e. The molecule has 2 nitrogen and oxygen atoms in total. The Morgan fingerprint density at radius 3 is 2.28 bits per heavy atom. The van der Waals surface area contributed by atoms with Crippen molar-refractivity contribution in [3.8, 4) is 0 Å². The number of hydrogen-bond acceptors (Lipinski definition) is 3. The summed E-state index contributed by atoms with van der Waals surface area (Å²) < 4.78 is 0. The molecule has 2 rings (SSSR count). The molecule has 0 saturated heterocycles. The number of pyridine rings is 1. The van der Waals surface area contributed by atoms with Gasteiger partial charge in [-0.25, -0.2) is 0 Å². The molecule has 0 amide bonds. The van der Waals surface area contributed by atoms with Gasteiger partial charge in [-0.15, -0.1) is 12.1 Å². The molecule has 0 fully saturated rings. The van der Waals surface area contributed by atoms with Crippen molar-refractivity contribution >= 4 is 17.7 Å². The number of rotatable bonds is 3. The molecule has 0 unspecified atom stereocenters. The molecule has 1 aromatic carbocycles. The number of hydrogen-bond donors (Lipinski definition) is 0. The second kappa shape index (κ2) is 9.28. The van der Waals surface area contributed by atoms with Crippen LogP contribution in [0.1, 0.15) is 11.3 Å². The SMILES string of the molecule is [Li+].[Li+].[S-]C(=N[CH-]c1ccccn1)c1ccccc1. The third kappa shape index (κ3) is 5.31. The molecular formula is C13H10Li2N2S. The van der Waals surface area contributed by atoms with Crippen LogP contribution in [0.3, 0.4) is 0 Å². The predicted molar refractivity (Wildman–Crippen MR) is 68.0 cm³/mol. The first-order valence-corrected chi connectivity index (χ1v) is 5.31. The molecule has 1 heterocycles. The summed E-state index contributed by atoms with van der Waals surface area (Å²) in [5.74, 6) is 0. The summed E-state index contributed by atoms with van der Waals surface area (Å²) >= 11 is 5.19. The quantitative estimate of drug-likeness (QED) is 0.184. The normalized spacial score (nSPS) is 9.89. The van der Waals surface area contributed by atoms with Gasteiger partial charge in [-0.1, -0.05) is 48.5 Å². The number of nitrogens with zero attached hydrogens (tertiary/aromatic N) is 2. The van der Waals surface area contributed by atoms with Gasteiger partial charge in [0, 0.05) is 6.20 Å². The molecule has 18 heavy (non-hydrogen) atoms. The van der Waals surface area contributed by atoms with E-state index in [0.29, 0.717) is 5.04 Å². The topological polar surface area (TPSA) is 25.2 Å². The van der Waals surface area contributed by atoms with Gasteiger partial charge in [0.15, 0.2) is 0 Å². The molecule has 2 aromatic rings. The van der Waals surface area contributed by atoms with Crippen LogP contribution in [0.25, 0.3) is 0 Å². The fraction of sp³-hybridized carbons (Fsp3) is 0. The third-order valence-electron chi connectivity index (χ3n) is 2.02. The third-order valence-corrected chi connectivity index (χ3v) is 2.36. The Hall–Kier alpha value is -0.675. The summed E-state index contributed by atoms with van der Waals surface area (Å²) in [6, 6.07) is 15.4. The zero-order chi connectivity index (χ0) is 11.2. The summed E-state index contributed by atoms with van der Waals surface area (Å²) in [5, 5.41) is 0.575. The van der Waals surface area contributed by atoms with Crippen LogP contribution < -0.4 is 37.7 Å². The minimum atomic E-state index is 0. The van der Waals surface area contributed by atoms with Crippen molar-refractivity contribution < 1.29 is 37.7 Å². The van der Waals surface area contributed by atoms with Gasteiger partial charge in [0.25, 0.3) is 0 Å². The molecule has 0 radical (unpaired) electrons. The second-order valence-corrected chi connectivity index (χ2v) is 3.57. The minimum absolute atomic E-state index is 0. The van der Waals surface area contributed by atoms with E-state index in [1.54, 1.807) is 12.7 Å². The molecule has 0 aliphatic carbocycles. The predicted octanol–water partition coefficient (Wildman–Crippen LogP) is -3.41. The van der Waals surface area contributed by atoms with Crippen molar-refractivity contribution in [3.05, 3.63) is 72.5 Å². The molecule has 0 aliphatic heterocycles. The van der Waals surface area contributed by atoms with Crippen molar-refractivity contribution in [1.29, 1.82) is 0 Å². The summed E-state index contributed by atoms with van der Waals surface area (Å²) in [6.07, 6.45) is 1.73. The molecule has 0 saturated carbocycles. The van der Waals surface area contributed by atoms with Crippen LogP contribution in [0.4, 0.5) is 0 Å². The van der Waals surface area contributed by atoms with Crippen LogP contribution in [-0.2, 0) is 12.6 Å². The maximum absolute atomic E-state index is 5.19. The van der Waals surface area contributed by atoms with E-state index in [9.17, 15) is 0 Å². The molecular weight excluding hydrogens is 230 g/mol. The van der Waals surface area contributed by atoms with Crippen molar-refractivity contribution in [1.82, 2.24) is 4.98 Å². The number of aromatic nitrogens is 1. The van der Waals surface area contributed by atoms with Crippen LogP contribution in [0.15, 0.2) is 59.7 Å². The first kappa shape index (κ1) is 17.3. The van der Waals surface area contributed by atoms with E-state index in [1.807, 2.05) is 48.5 Å². The number of benzene rings is 1. The summed E-state index contributed by atoms with van der Waals surface area (Å²) in [7, 11) is 0. The zero-order valence-corrected chi connectivity index (χ0v) is 11.4. The molecule has 0 N–H and O–H groups in total. The average Bonchev–Trinajstić information content (AvgIpc) is 2.38. The molecule has 0 aliphatic rings. The largest absolute Gasteiger partial charge is 1.00 e. The monoisotopic (exact) mass is 240 g/mol. The smallest absolute Gasteiger partial charge is 0.839 e. The summed E-state index contributed by atoms with van der Waals surface area (Å²) in [5.41, 5.74) is 1.76. The van der Waals surface area contributed by atoms with E-state index < -0.39 is 0 Å². The molecule has 1 aromatic heterocycles. The van der Waals surface area contributed by atoms with Crippen molar-refractivity contribution in [2.24, 2.45) is 4.99 Å². The van der Waals surface area contributed by atoms with Crippen molar-refractivity contribution in [2.75, 3.05) is 0 Å². The Kier molecular flexibility index (Phi) is 8.93. The van der Waals surface area contributed by atoms with Crippen LogP contribution in [0.5, 0.6) is 0 Å². The Bertz CT molecular complexity index is 475. The van der Waals surface area contributed by atoms with Crippen molar-refractivity contribution in [2.45, 2.75) is 0 Å². The van der Waals surface area contributed by atoms with E-state index in [4.69, 9.17) is 12.6 Å². The van der Waals surface area contributed by atoms with Gasteiger partial charge in [-0.3, -0.25) is 4.98 Å². The van der Waals surface area contributed by atoms with Crippen LogP contribution >= 0.6 is 0 Å². The molecule has 0 atom stereocenters.